The quantitative estimate of drug-likeness (QED) is 0.761. The number of hydrogen-bond acceptors (Lipinski definition) is 2. The molecule has 0 fully saturated rings. The summed E-state index contributed by atoms with van der Waals surface area (Å²) in [4.78, 5) is 15.4. The van der Waals surface area contributed by atoms with Gasteiger partial charge in [0.1, 0.15) is 0 Å². The second-order valence-electron chi connectivity index (χ2n) is 3.43. The summed E-state index contributed by atoms with van der Waals surface area (Å²) < 4.78 is 0. The zero-order valence-electron chi connectivity index (χ0n) is 8.51. The van der Waals surface area contributed by atoms with Crippen LogP contribution in [0.25, 0.3) is 0 Å². The minimum atomic E-state index is -0.411. The van der Waals surface area contributed by atoms with E-state index in [4.69, 9.17) is 11.6 Å². The van der Waals surface area contributed by atoms with Gasteiger partial charge in [-0.2, -0.15) is 0 Å². The largest absolute Gasteiger partial charge is 0.280 e. The maximum Gasteiger partial charge on any atom is 0.233 e. The molecule has 0 radical (unpaired) electrons. The first-order chi connectivity index (χ1) is 7.79. The molecule has 2 aromatic rings. The van der Waals surface area contributed by atoms with Gasteiger partial charge < -0.3 is 0 Å². The molecule has 1 aromatic heterocycles. The lowest BCUT2D eigenvalue weighted by Crippen LogP contribution is -2.08. The molecule has 16 heavy (non-hydrogen) atoms. The van der Waals surface area contributed by atoms with Crippen molar-refractivity contribution in [1.29, 1.82) is 0 Å². The number of aromatic nitrogens is 1. The van der Waals surface area contributed by atoms with Crippen molar-refractivity contribution in [2.75, 3.05) is 0 Å². The summed E-state index contributed by atoms with van der Waals surface area (Å²) in [6, 6.07) is 13.1. The summed E-state index contributed by atoms with van der Waals surface area (Å²) in [6.45, 7) is 0. The minimum absolute atomic E-state index is 0.377. The maximum atomic E-state index is 11.5. The molecule has 1 aromatic carbocycles. The SMILES string of the molecule is O=C(Cl)C(c1ccccc1)c1ccncc1. The lowest BCUT2D eigenvalue weighted by Gasteiger charge is -2.12. The molecule has 0 amide bonds. The molecular weight excluding hydrogens is 222 g/mol. The molecule has 1 heterocycles. The maximum absolute atomic E-state index is 11.5. The monoisotopic (exact) mass is 231 g/mol. The van der Waals surface area contributed by atoms with Crippen molar-refractivity contribution < 1.29 is 4.79 Å². The predicted octanol–water partition coefficient (Wildman–Crippen LogP) is 2.98. The van der Waals surface area contributed by atoms with E-state index in [1.54, 1.807) is 24.5 Å². The summed E-state index contributed by atoms with van der Waals surface area (Å²) in [5.41, 5.74) is 1.76. The smallest absolute Gasteiger partial charge is 0.233 e. The Balaban J connectivity index is 2.44. The van der Waals surface area contributed by atoms with Crippen LogP contribution in [0.1, 0.15) is 17.0 Å². The van der Waals surface area contributed by atoms with Crippen molar-refractivity contribution in [3.63, 3.8) is 0 Å². The normalized spacial score (nSPS) is 12.1. The molecule has 2 nitrogen and oxygen atoms in total. The third-order valence-corrected chi connectivity index (χ3v) is 2.62. The van der Waals surface area contributed by atoms with Gasteiger partial charge in [-0.25, -0.2) is 0 Å². The van der Waals surface area contributed by atoms with Crippen LogP contribution in [0.2, 0.25) is 0 Å². The Labute approximate surface area is 98.9 Å². The van der Waals surface area contributed by atoms with E-state index in [9.17, 15) is 4.79 Å². The molecule has 0 spiro atoms. The third kappa shape index (κ3) is 2.28. The highest BCUT2D eigenvalue weighted by atomic mass is 35.5. The fourth-order valence-corrected chi connectivity index (χ4v) is 1.91. The average Bonchev–Trinajstić information content (AvgIpc) is 2.31. The zero-order valence-corrected chi connectivity index (χ0v) is 9.26. The number of carbonyl (C=O) groups excluding carboxylic acids is 1. The van der Waals surface area contributed by atoms with Crippen LogP contribution in [0.4, 0.5) is 0 Å². The van der Waals surface area contributed by atoms with E-state index < -0.39 is 5.92 Å². The third-order valence-electron chi connectivity index (χ3n) is 2.40. The van der Waals surface area contributed by atoms with E-state index in [0.29, 0.717) is 0 Å². The molecule has 0 aliphatic carbocycles. The Hall–Kier alpha value is -1.67. The molecular formula is C13H10ClNO. The van der Waals surface area contributed by atoms with E-state index in [1.165, 1.54) is 0 Å². The van der Waals surface area contributed by atoms with Crippen molar-refractivity contribution in [1.82, 2.24) is 4.98 Å². The van der Waals surface area contributed by atoms with E-state index in [0.717, 1.165) is 11.1 Å². The molecule has 0 aliphatic heterocycles. The molecule has 1 unspecified atom stereocenters. The molecule has 3 heteroatoms. The van der Waals surface area contributed by atoms with Gasteiger partial charge >= 0.3 is 0 Å². The lowest BCUT2D eigenvalue weighted by atomic mass is 9.93. The van der Waals surface area contributed by atoms with Gasteiger partial charge in [0, 0.05) is 12.4 Å². The minimum Gasteiger partial charge on any atom is -0.280 e. The van der Waals surface area contributed by atoms with Crippen LogP contribution < -0.4 is 0 Å². The van der Waals surface area contributed by atoms with E-state index in [-0.39, 0.29) is 5.24 Å². The van der Waals surface area contributed by atoms with Gasteiger partial charge in [-0.3, -0.25) is 9.78 Å². The highest BCUT2D eigenvalue weighted by molar-refractivity contribution is 6.65. The molecule has 0 saturated heterocycles. The van der Waals surface area contributed by atoms with Crippen LogP contribution in [0.15, 0.2) is 54.9 Å². The number of rotatable bonds is 3. The summed E-state index contributed by atoms with van der Waals surface area (Å²) in [6.07, 6.45) is 3.32. The number of benzene rings is 1. The second kappa shape index (κ2) is 4.90. The summed E-state index contributed by atoms with van der Waals surface area (Å²) in [5, 5.41) is -0.377. The number of nitrogens with zero attached hydrogens (tertiary/aromatic N) is 1. The van der Waals surface area contributed by atoms with Crippen molar-refractivity contribution >= 4 is 16.8 Å². The van der Waals surface area contributed by atoms with Crippen LogP contribution in [0.5, 0.6) is 0 Å². The average molecular weight is 232 g/mol. The predicted molar refractivity (Wildman–Crippen MR) is 63.4 cm³/mol. The molecule has 0 saturated carbocycles. The molecule has 0 aliphatic rings. The van der Waals surface area contributed by atoms with Gasteiger partial charge in [0.15, 0.2) is 0 Å². The van der Waals surface area contributed by atoms with Crippen LogP contribution in [-0.2, 0) is 4.79 Å². The number of halogens is 1. The molecule has 1 atom stereocenters. The first-order valence-corrected chi connectivity index (χ1v) is 5.31. The molecule has 0 bridgehead atoms. The lowest BCUT2D eigenvalue weighted by molar-refractivity contribution is -0.112. The van der Waals surface area contributed by atoms with Gasteiger partial charge in [0.25, 0.3) is 0 Å². The topological polar surface area (TPSA) is 30.0 Å². The summed E-state index contributed by atoms with van der Waals surface area (Å²) >= 11 is 5.65. The summed E-state index contributed by atoms with van der Waals surface area (Å²) in [5.74, 6) is -0.411. The fraction of sp³-hybridized carbons (Fsp3) is 0.0769. The van der Waals surface area contributed by atoms with Crippen molar-refractivity contribution in [2.45, 2.75) is 5.92 Å². The standard InChI is InChI=1S/C13H10ClNO/c14-13(16)12(10-4-2-1-3-5-10)11-6-8-15-9-7-11/h1-9,12H. The van der Waals surface area contributed by atoms with Crippen molar-refractivity contribution in [3.8, 4) is 0 Å². The Morgan fingerprint density at radius 2 is 1.56 bits per heavy atom. The van der Waals surface area contributed by atoms with Crippen LogP contribution in [-0.4, -0.2) is 10.2 Å². The number of carbonyl (C=O) groups is 1. The fourth-order valence-electron chi connectivity index (χ4n) is 1.66. The number of pyridine rings is 1. The van der Waals surface area contributed by atoms with Gasteiger partial charge in [-0.1, -0.05) is 30.3 Å². The van der Waals surface area contributed by atoms with Gasteiger partial charge in [0.2, 0.25) is 5.24 Å². The van der Waals surface area contributed by atoms with Crippen LogP contribution in [0.3, 0.4) is 0 Å². The zero-order chi connectivity index (χ0) is 11.4. The Bertz CT molecular complexity index is 430. The first kappa shape index (κ1) is 10.8. The van der Waals surface area contributed by atoms with E-state index in [2.05, 4.69) is 4.98 Å². The molecule has 0 N–H and O–H groups in total. The Kier molecular flexibility index (Phi) is 3.32. The second-order valence-corrected chi connectivity index (χ2v) is 3.80. The highest BCUT2D eigenvalue weighted by Gasteiger charge is 2.20. The Morgan fingerprint density at radius 1 is 1.00 bits per heavy atom. The van der Waals surface area contributed by atoms with Crippen molar-refractivity contribution in [3.05, 3.63) is 66.0 Å². The Morgan fingerprint density at radius 3 is 2.12 bits per heavy atom. The van der Waals surface area contributed by atoms with Gasteiger partial charge in [-0.05, 0) is 34.9 Å². The van der Waals surface area contributed by atoms with E-state index >= 15 is 0 Å². The van der Waals surface area contributed by atoms with Crippen LogP contribution >= 0.6 is 11.6 Å². The summed E-state index contributed by atoms with van der Waals surface area (Å²) in [7, 11) is 0. The first-order valence-electron chi connectivity index (χ1n) is 4.93. The molecule has 2 rings (SSSR count). The van der Waals surface area contributed by atoms with Gasteiger partial charge in [-0.15, -0.1) is 0 Å². The highest BCUT2D eigenvalue weighted by Crippen LogP contribution is 2.26. The molecule has 80 valence electrons. The van der Waals surface area contributed by atoms with E-state index in [1.807, 2.05) is 30.3 Å². The van der Waals surface area contributed by atoms with Crippen molar-refractivity contribution in [2.24, 2.45) is 0 Å². The van der Waals surface area contributed by atoms with Crippen LogP contribution in [0, 0.1) is 0 Å². The number of hydrogen-bond donors (Lipinski definition) is 0. The van der Waals surface area contributed by atoms with Gasteiger partial charge in [0.05, 0.1) is 5.92 Å².